The zero-order chi connectivity index (χ0) is 20.1. The summed E-state index contributed by atoms with van der Waals surface area (Å²) >= 11 is 7.34. The number of carbonyl (C=O) groups is 1. The molecule has 1 heterocycles. The molecule has 0 saturated carbocycles. The molecule has 8 heteroatoms. The van der Waals surface area contributed by atoms with Gasteiger partial charge < -0.3 is 15.0 Å². The molecule has 28 heavy (non-hydrogen) atoms. The van der Waals surface area contributed by atoms with Gasteiger partial charge in [0.15, 0.2) is 5.16 Å². The second kappa shape index (κ2) is 9.23. The molecule has 0 atom stereocenters. The monoisotopic (exact) mass is 419 g/mol. The Morgan fingerprint density at radius 2 is 2.04 bits per heavy atom. The van der Waals surface area contributed by atoms with Gasteiger partial charge in [0, 0.05) is 23.5 Å². The zero-order valence-corrected chi connectivity index (χ0v) is 16.7. The van der Waals surface area contributed by atoms with Crippen LogP contribution in [-0.2, 0) is 17.9 Å². The number of nitrogens with one attached hydrogen (secondary N) is 1. The lowest BCUT2D eigenvalue weighted by atomic mass is 10.2. The van der Waals surface area contributed by atoms with Gasteiger partial charge in [-0.05, 0) is 42.3 Å². The maximum Gasteiger partial charge on any atom is 0.234 e. The van der Waals surface area contributed by atoms with Gasteiger partial charge in [0.25, 0.3) is 0 Å². The van der Waals surface area contributed by atoms with E-state index in [0.29, 0.717) is 28.1 Å². The molecule has 2 N–H and O–H groups in total. The molecule has 0 spiro atoms. The highest BCUT2D eigenvalue weighted by Gasteiger charge is 2.12. The molecule has 0 aliphatic rings. The van der Waals surface area contributed by atoms with E-state index in [0.717, 1.165) is 11.1 Å². The van der Waals surface area contributed by atoms with E-state index in [1.807, 2.05) is 17.6 Å². The number of aliphatic hydroxyl groups is 1. The van der Waals surface area contributed by atoms with Crippen molar-refractivity contribution in [2.24, 2.45) is 0 Å². The molecular formula is C20H19ClFN3O2S. The maximum atomic E-state index is 13.1. The van der Waals surface area contributed by atoms with Crippen molar-refractivity contribution in [2.75, 3.05) is 11.1 Å². The summed E-state index contributed by atoms with van der Waals surface area (Å²) in [7, 11) is 0. The number of rotatable bonds is 7. The molecule has 2 aromatic carbocycles. The van der Waals surface area contributed by atoms with Gasteiger partial charge in [-0.25, -0.2) is 9.37 Å². The van der Waals surface area contributed by atoms with Crippen LogP contribution in [0.5, 0.6) is 0 Å². The van der Waals surface area contributed by atoms with Crippen LogP contribution in [0.15, 0.2) is 53.8 Å². The predicted molar refractivity (Wildman–Crippen MR) is 109 cm³/mol. The summed E-state index contributed by atoms with van der Waals surface area (Å²) in [5.74, 6) is -0.337. The highest BCUT2D eigenvalue weighted by atomic mass is 35.5. The quantitative estimate of drug-likeness (QED) is 0.561. The number of benzene rings is 2. The summed E-state index contributed by atoms with van der Waals surface area (Å²) in [5.41, 5.74) is 2.97. The second-order valence-corrected chi connectivity index (χ2v) is 7.58. The number of aliphatic hydroxyl groups excluding tert-OH is 1. The van der Waals surface area contributed by atoms with Crippen LogP contribution in [0.3, 0.4) is 0 Å². The van der Waals surface area contributed by atoms with Gasteiger partial charge in [-0.3, -0.25) is 4.79 Å². The van der Waals surface area contributed by atoms with Gasteiger partial charge in [0.05, 0.1) is 18.1 Å². The standard InChI is InChI=1S/C20H19ClFN3O2S/c1-13-2-7-16(8-18(13)21)23-19(27)12-28-20-24-17(11-26)10-25(20)9-14-3-5-15(22)6-4-14/h2-8,10,26H,9,11-12H2,1H3,(H,23,27). The van der Waals surface area contributed by atoms with Crippen molar-refractivity contribution in [2.45, 2.75) is 25.2 Å². The molecule has 0 aliphatic heterocycles. The van der Waals surface area contributed by atoms with E-state index in [2.05, 4.69) is 10.3 Å². The molecule has 0 saturated heterocycles. The van der Waals surface area contributed by atoms with Crippen LogP contribution in [0.2, 0.25) is 5.02 Å². The molecule has 3 aromatic rings. The smallest absolute Gasteiger partial charge is 0.234 e. The van der Waals surface area contributed by atoms with Crippen molar-refractivity contribution >= 4 is 35.0 Å². The van der Waals surface area contributed by atoms with Gasteiger partial charge in [-0.1, -0.05) is 41.6 Å². The van der Waals surface area contributed by atoms with E-state index in [1.54, 1.807) is 30.5 Å². The van der Waals surface area contributed by atoms with Crippen molar-refractivity contribution in [1.82, 2.24) is 9.55 Å². The number of hydrogen-bond acceptors (Lipinski definition) is 4. The Labute approximate surface area is 171 Å². The minimum absolute atomic E-state index is 0.150. The number of nitrogens with zero attached hydrogens (tertiary/aromatic N) is 2. The number of hydrogen-bond donors (Lipinski definition) is 2. The topological polar surface area (TPSA) is 67.2 Å². The number of thioether (sulfide) groups is 1. The fourth-order valence-corrected chi connectivity index (χ4v) is 3.52. The molecule has 3 rings (SSSR count). The fraction of sp³-hybridized carbons (Fsp3) is 0.200. The second-order valence-electron chi connectivity index (χ2n) is 6.23. The van der Waals surface area contributed by atoms with Crippen molar-refractivity contribution in [1.29, 1.82) is 0 Å². The van der Waals surface area contributed by atoms with Crippen LogP contribution in [0.1, 0.15) is 16.8 Å². The Balaban J connectivity index is 1.65. The number of aromatic nitrogens is 2. The minimum atomic E-state index is -0.298. The molecule has 0 fully saturated rings. The number of amides is 1. The van der Waals surface area contributed by atoms with Gasteiger partial charge in [-0.15, -0.1) is 0 Å². The number of carbonyl (C=O) groups excluding carboxylic acids is 1. The van der Waals surface area contributed by atoms with Gasteiger partial charge in [-0.2, -0.15) is 0 Å². The zero-order valence-electron chi connectivity index (χ0n) is 15.2. The third-order valence-corrected chi connectivity index (χ3v) is 5.40. The Hall–Kier alpha value is -2.35. The summed E-state index contributed by atoms with van der Waals surface area (Å²) in [5, 5.41) is 13.4. The predicted octanol–water partition coefficient (Wildman–Crippen LogP) is 4.26. The van der Waals surface area contributed by atoms with E-state index < -0.39 is 0 Å². The van der Waals surface area contributed by atoms with Crippen LogP contribution in [0.25, 0.3) is 0 Å². The lowest BCUT2D eigenvalue weighted by Crippen LogP contribution is -2.14. The summed E-state index contributed by atoms with van der Waals surface area (Å²) in [6, 6.07) is 11.5. The maximum absolute atomic E-state index is 13.1. The van der Waals surface area contributed by atoms with E-state index in [-0.39, 0.29) is 24.1 Å². The lowest BCUT2D eigenvalue weighted by molar-refractivity contribution is -0.113. The number of halogens is 2. The summed E-state index contributed by atoms with van der Waals surface area (Å²) in [6.07, 6.45) is 1.73. The van der Waals surface area contributed by atoms with Crippen molar-refractivity contribution in [3.05, 3.63) is 76.3 Å². The first-order valence-corrected chi connectivity index (χ1v) is 9.91. The number of imidazole rings is 1. The third kappa shape index (κ3) is 5.34. The van der Waals surface area contributed by atoms with Crippen LogP contribution in [0.4, 0.5) is 10.1 Å². The van der Waals surface area contributed by atoms with Crippen LogP contribution in [-0.4, -0.2) is 26.3 Å². The highest BCUT2D eigenvalue weighted by Crippen LogP contribution is 2.22. The lowest BCUT2D eigenvalue weighted by Gasteiger charge is -2.09. The fourth-order valence-electron chi connectivity index (χ4n) is 2.54. The third-order valence-electron chi connectivity index (χ3n) is 4.01. The Morgan fingerprint density at radius 1 is 1.29 bits per heavy atom. The molecule has 0 bridgehead atoms. The van der Waals surface area contributed by atoms with Crippen molar-refractivity contribution in [3.8, 4) is 0 Å². The normalized spacial score (nSPS) is 10.9. The van der Waals surface area contributed by atoms with E-state index in [1.165, 1.54) is 23.9 Å². The molecule has 1 aromatic heterocycles. The molecule has 1 amide bonds. The average molecular weight is 420 g/mol. The SMILES string of the molecule is Cc1ccc(NC(=O)CSc2nc(CO)cn2Cc2ccc(F)cc2)cc1Cl. The van der Waals surface area contributed by atoms with E-state index in [4.69, 9.17) is 11.6 Å². The molecule has 146 valence electrons. The minimum Gasteiger partial charge on any atom is -0.390 e. The molecule has 5 nitrogen and oxygen atoms in total. The van der Waals surface area contributed by atoms with Gasteiger partial charge in [0.2, 0.25) is 5.91 Å². The van der Waals surface area contributed by atoms with Crippen molar-refractivity contribution in [3.63, 3.8) is 0 Å². The number of anilines is 1. The van der Waals surface area contributed by atoms with Gasteiger partial charge >= 0.3 is 0 Å². The Kier molecular flexibility index (Phi) is 6.72. The summed E-state index contributed by atoms with van der Waals surface area (Å²) in [4.78, 5) is 16.6. The van der Waals surface area contributed by atoms with Crippen LogP contribution in [0, 0.1) is 12.7 Å². The molecular weight excluding hydrogens is 401 g/mol. The average Bonchev–Trinajstić information content (AvgIpc) is 3.07. The van der Waals surface area contributed by atoms with Crippen LogP contribution < -0.4 is 5.32 Å². The largest absolute Gasteiger partial charge is 0.390 e. The first-order chi connectivity index (χ1) is 13.4. The molecule has 0 radical (unpaired) electrons. The van der Waals surface area contributed by atoms with Crippen LogP contribution >= 0.6 is 23.4 Å². The van der Waals surface area contributed by atoms with E-state index in [9.17, 15) is 14.3 Å². The van der Waals surface area contributed by atoms with Crippen molar-refractivity contribution < 1.29 is 14.3 Å². The molecule has 0 unspecified atom stereocenters. The first-order valence-electron chi connectivity index (χ1n) is 8.55. The van der Waals surface area contributed by atoms with Gasteiger partial charge in [0.1, 0.15) is 5.82 Å². The first kappa shape index (κ1) is 20.4. The Morgan fingerprint density at radius 3 is 2.71 bits per heavy atom. The Bertz CT molecular complexity index is 976. The summed E-state index contributed by atoms with van der Waals surface area (Å²) in [6.45, 7) is 2.16. The number of aryl methyl sites for hydroxylation is 1. The highest BCUT2D eigenvalue weighted by molar-refractivity contribution is 7.99. The van der Waals surface area contributed by atoms with E-state index >= 15 is 0 Å². The summed E-state index contributed by atoms with van der Waals surface area (Å²) < 4.78 is 14.9. The molecule has 0 aliphatic carbocycles.